The summed E-state index contributed by atoms with van der Waals surface area (Å²) < 4.78 is 11.5. The maximum absolute atomic E-state index is 12.8. The number of nitrogens with zero attached hydrogens (tertiary/aromatic N) is 2. The van der Waals surface area contributed by atoms with Crippen LogP contribution < -0.4 is 9.47 Å². The molecule has 26 heavy (non-hydrogen) atoms. The zero-order valence-electron chi connectivity index (χ0n) is 16.2. The lowest BCUT2D eigenvalue weighted by atomic mass is 10.1. The highest BCUT2D eigenvalue weighted by Crippen LogP contribution is 2.37. The summed E-state index contributed by atoms with van der Waals surface area (Å²) in [6.45, 7) is 8.96. The number of rotatable bonds is 10. The lowest BCUT2D eigenvalue weighted by Crippen LogP contribution is -2.35. The molecule has 146 valence electrons. The van der Waals surface area contributed by atoms with E-state index in [2.05, 4.69) is 11.8 Å². The Morgan fingerprint density at radius 2 is 1.96 bits per heavy atom. The van der Waals surface area contributed by atoms with E-state index in [-0.39, 0.29) is 5.91 Å². The van der Waals surface area contributed by atoms with Gasteiger partial charge in [0.2, 0.25) is 0 Å². The SMILES string of the molecule is CCCCOc1c(Cl)cc(C(=O)N(C)CCN2CCCC2)cc1OCC. The van der Waals surface area contributed by atoms with Gasteiger partial charge in [0.1, 0.15) is 0 Å². The van der Waals surface area contributed by atoms with Crippen molar-refractivity contribution < 1.29 is 14.3 Å². The largest absolute Gasteiger partial charge is 0.490 e. The third kappa shape index (κ3) is 5.78. The summed E-state index contributed by atoms with van der Waals surface area (Å²) in [4.78, 5) is 16.9. The van der Waals surface area contributed by atoms with Crippen molar-refractivity contribution in [3.8, 4) is 11.5 Å². The number of benzene rings is 1. The molecule has 1 aromatic rings. The second-order valence-corrected chi connectivity index (χ2v) is 7.10. The Kier molecular flexibility index (Phi) is 8.52. The van der Waals surface area contributed by atoms with Crippen molar-refractivity contribution in [2.45, 2.75) is 39.5 Å². The molecular weight excluding hydrogens is 352 g/mol. The predicted octanol–water partition coefficient (Wildman–Crippen LogP) is 4.09. The number of likely N-dealkylation sites (N-methyl/N-ethyl adjacent to an activating group) is 1. The number of likely N-dealkylation sites (tertiary alicyclic amines) is 1. The van der Waals surface area contributed by atoms with E-state index < -0.39 is 0 Å². The summed E-state index contributed by atoms with van der Waals surface area (Å²) in [6.07, 6.45) is 4.50. The molecule has 1 saturated heterocycles. The monoisotopic (exact) mass is 382 g/mol. The smallest absolute Gasteiger partial charge is 0.253 e. The van der Waals surface area contributed by atoms with Gasteiger partial charge in [-0.05, 0) is 51.4 Å². The van der Waals surface area contributed by atoms with Gasteiger partial charge < -0.3 is 19.3 Å². The van der Waals surface area contributed by atoms with E-state index in [1.165, 1.54) is 12.8 Å². The van der Waals surface area contributed by atoms with Gasteiger partial charge >= 0.3 is 0 Å². The van der Waals surface area contributed by atoms with Crippen molar-refractivity contribution in [2.75, 3.05) is 46.4 Å². The van der Waals surface area contributed by atoms with E-state index in [0.29, 0.717) is 41.8 Å². The summed E-state index contributed by atoms with van der Waals surface area (Å²) in [5, 5.41) is 0.420. The molecule has 0 radical (unpaired) electrons. The molecule has 1 heterocycles. The van der Waals surface area contributed by atoms with Crippen LogP contribution in [0.3, 0.4) is 0 Å². The molecule has 0 aromatic heterocycles. The topological polar surface area (TPSA) is 42.0 Å². The van der Waals surface area contributed by atoms with Gasteiger partial charge in [0.05, 0.1) is 18.2 Å². The first-order valence-corrected chi connectivity index (χ1v) is 10.0. The molecule has 1 amide bonds. The first-order valence-electron chi connectivity index (χ1n) is 9.63. The Hall–Kier alpha value is -1.46. The molecule has 1 aromatic carbocycles. The Balaban J connectivity index is 2.07. The van der Waals surface area contributed by atoms with Crippen molar-refractivity contribution in [3.05, 3.63) is 22.7 Å². The zero-order valence-corrected chi connectivity index (χ0v) is 17.0. The Morgan fingerprint density at radius 1 is 1.23 bits per heavy atom. The molecule has 2 rings (SSSR count). The molecule has 1 aliphatic rings. The third-order valence-electron chi connectivity index (χ3n) is 4.60. The number of ether oxygens (including phenoxy) is 2. The fourth-order valence-corrected chi connectivity index (χ4v) is 3.30. The van der Waals surface area contributed by atoms with E-state index in [0.717, 1.165) is 32.5 Å². The minimum Gasteiger partial charge on any atom is -0.490 e. The van der Waals surface area contributed by atoms with E-state index >= 15 is 0 Å². The fourth-order valence-electron chi connectivity index (χ4n) is 3.03. The number of carbonyl (C=O) groups excluding carboxylic acids is 1. The van der Waals surface area contributed by atoms with E-state index in [1.807, 2.05) is 14.0 Å². The van der Waals surface area contributed by atoms with Gasteiger partial charge in [0, 0.05) is 25.7 Å². The number of hydrogen-bond acceptors (Lipinski definition) is 4. The minimum absolute atomic E-state index is 0.0489. The Labute approximate surface area is 162 Å². The van der Waals surface area contributed by atoms with Crippen molar-refractivity contribution in [2.24, 2.45) is 0 Å². The van der Waals surface area contributed by atoms with Gasteiger partial charge in [0.15, 0.2) is 11.5 Å². The minimum atomic E-state index is -0.0489. The van der Waals surface area contributed by atoms with Crippen molar-refractivity contribution in [1.29, 1.82) is 0 Å². The molecule has 0 N–H and O–H groups in total. The van der Waals surface area contributed by atoms with Crippen LogP contribution >= 0.6 is 11.6 Å². The standard InChI is InChI=1S/C20H31ClN2O3/c1-4-6-13-26-19-17(21)14-16(15-18(19)25-5-2)20(24)22(3)11-12-23-9-7-8-10-23/h14-15H,4-13H2,1-3H3. The first-order chi connectivity index (χ1) is 12.6. The van der Waals surface area contributed by atoms with Crippen LogP contribution in [0.4, 0.5) is 0 Å². The second kappa shape index (κ2) is 10.6. The molecule has 1 fully saturated rings. The zero-order chi connectivity index (χ0) is 18.9. The highest BCUT2D eigenvalue weighted by molar-refractivity contribution is 6.32. The normalized spacial score (nSPS) is 14.5. The molecule has 0 atom stereocenters. The second-order valence-electron chi connectivity index (χ2n) is 6.70. The maximum atomic E-state index is 12.8. The molecular formula is C20H31ClN2O3. The van der Waals surface area contributed by atoms with E-state index in [1.54, 1.807) is 17.0 Å². The average Bonchev–Trinajstić information content (AvgIpc) is 3.15. The quantitative estimate of drug-likeness (QED) is 0.572. The molecule has 0 spiro atoms. The summed E-state index contributed by atoms with van der Waals surface area (Å²) >= 11 is 6.39. The van der Waals surface area contributed by atoms with Crippen molar-refractivity contribution in [1.82, 2.24) is 9.80 Å². The molecule has 5 nitrogen and oxygen atoms in total. The highest BCUT2D eigenvalue weighted by atomic mass is 35.5. The van der Waals surface area contributed by atoms with Gasteiger partial charge in [0.25, 0.3) is 5.91 Å². The van der Waals surface area contributed by atoms with Gasteiger partial charge in [-0.1, -0.05) is 24.9 Å². The number of unbranched alkanes of at least 4 members (excludes halogenated alkanes) is 1. The van der Waals surface area contributed by atoms with Crippen LogP contribution in [-0.4, -0.2) is 62.1 Å². The summed E-state index contributed by atoms with van der Waals surface area (Å²) in [5.41, 5.74) is 0.533. The van der Waals surface area contributed by atoms with Crippen LogP contribution in [-0.2, 0) is 0 Å². The van der Waals surface area contributed by atoms with Crippen molar-refractivity contribution in [3.63, 3.8) is 0 Å². The average molecular weight is 383 g/mol. The molecule has 1 aliphatic heterocycles. The van der Waals surface area contributed by atoms with Crippen LogP contribution in [0.5, 0.6) is 11.5 Å². The Bertz CT molecular complexity index is 589. The molecule has 0 saturated carbocycles. The Morgan fingerprint density at radius 3 is 2.62 bits per heavy atom. The predicted molar refractivity (Wildman–Crippen MR) is 106 cm³/mol. The van der Waals surface area contributed by atoms with Crippen LogP contribution in [0.2, 0.25) is 5.02 Å². The van der Waals surface area contributed by atoms with Crippen LogP contribution in [0.25, 0.3) is 0 Å². The van der Waals surface area contributed by atoms with E-state index in [4.69, 9.17) is 21.1 Å². The summed E-state index contributed by atoms with van der Waals surface area (Å²) in [7, 11) is 1.83. The number of amides is 1. The summed E-state index contributed by atoms with van der Waals surface area (Å²) in [6, 6.07) is 3.42. The van der Waals surface area contributed by atoms with Gasteiger partial charge in [-0.15, -0.1) is 0 Å². The van der Waals surface area contributed by atoms with Gasteiger partial charge in [-0.3, -0.25) is 4.79 Å². The molecule has 0 aliphatic carbocycles. The van der Waals surface area contributed by atoms with Gasteiger partial charge in [-0.2, -0.15) is 0 Å². The number of hydrogen-bond donors (Lipinski definition) is 0. The van der Waals surface area contributed by atoms with E-state index in [9.17, 15) is 4.79 Å². The maximum Gasteiger partial charge on any atom is 0.253 e. The number of halogens is 1. The number of carbonyl (C=O) groups is 1. The molecule has 0 bridgehead atoms. The molecule has 0 unspecified atom stereocenters. The lowest BCUT2D eigenvalue weighted by Gasteiger charge is -2.22. The third-order valence-corrected chi connectivity index (χ3v) is 4.88. The highest BCUT2D eigenvalue weighted by Gasteiger charge is 2.20. The molecule has 6 heteroatoms. The van der Waals surface area contributed by atoms with Gasteiger partial charge in [-0.25, -0.2) is 0 Å². The first kappa shape index (κ1) is 20.8. The van der Waals surface area contributed by atoms with Crippen LogP contribution in [0, 0.1) is 0 Å². The summed E-state index contributed by atoms with van der Waals surface area (Å²) in [5.74, 6) is 1.01. The van der Waals surface area contributed by atoms with Crippen LogP contribution in [0.1, 0.15) is 49.9 Å². The fraction of sp³-hybridized carbons (Fsp3) is 0.650. The van der Waals surface area contributed by atoms with Crippen LogP contribution in [0.15, 0.2) is 12.1 Å². The lowest BCUT2D eigenvalue weighted by molar-refractivity contribution is 0.0781. The van der Waals surface area contributed by atoms with Crippen molar-refractivity contribution >= 4 is 17.5 Å².